The molecule has 0 N–H and O–H groups in total. The lowest BCUT2D eigenvalue weighted by molar-refractivity contribution is -0.136. The zero-order valence-corrected chi connectivity index (χ0v) is 18.1. The number of ether oxygens (including phenoxy) is 4. The van der Waals surface area contributed by atoms with Crippen LogP contribution in [0.3, 0.4) is 0 Å². The van der Waals surface area contributed by atoms with Crippen LogP contribution in [0.2, 0.25) is 0 Å². The smallest absolute Gasteiger partial charge is 0.311 e. The number of carbonyl (C=O) groups is 2. The molecule has 0 aliphatic carbocycles. The maximum absolute atomic E-state index is 11.9. The van der Waals surface area contributed by atoms with Crippen LogP contribution < -0.4 is 18.9 Å². The van der Waals surface area contributed by atoms with Gasteiger partial charge < -0.3 is 18.9 Å². The van der Waals surface area contributed by atoms with Crippen molar-refractivity contribution in [2.45, 2.75) is 65.6 Å². The molecule has 0 bridgehead atoms. The van der Waals surface area contributed by atoms with Crippen molar-refractivity contribution in [3.63, 3.8) is 0 Å². The van der Waals surface area contributed by atoms with E-state index in [0.717, 1.165) is 11.5 Å². The van der Waals surface area contributed by atoms with Crippen LogP contribution in [-0.4, -0.2) is 24.1 Å². The highest BCUT2D eigenvalue weighted by atomic mass is 16.5. The normalized spacial score (nSPS) is 10.7. The molecule has 2 aromatic carbocycles. The summed E-state index contributed by atoms with van der Waals surface area (Å²) in [6.45, 7) is 7.79. The fourth-order valence-electron chi connectivity index (χ4n) is 2.62. The zero-order chi connectivity index (χ0) is 21.9. The van der Waals surface area contributed by atoms with Gasteiger partial charge in [0.2, 0.25) is 0 Å². The van der Waals surface area contributed by atoms with Crippen LogP contribution in [0.4, 0.5) is 0 Å². The number of carbonyl (C=O) groups excluding carboxylic acids is 2. The van der Waals surface area contributed by atoms with Crippen LogP contribution in [0.15, 0.2) is 48.5 Å². The average Bonchev–Trinajstić information content (AvgIpc) is 2.67. The Morgan fingerprint density at radius 2 is 0.900 bits per heavy atom. The summed E-state index contributed by atoms with van der Waals surface area (Å²) in [6, 6.07) is 13.9. The Bertz CT molecular complexity index is 724. The molecule has 0 amide bonds. The van der Waals surface area contributed by atoms with E-state index >= 15 is 0 Å². The van der Waals surface area contributed by atoms with Crippen LogP contribution in [0.1, 0.15) is 53.4 Å². The first-order valence-electron chi connectivity index (χ1n) is 10.3. The summed E-state index contributed by atoms with van der Waals surface area (Å²) in [5.74, 6) is 1.74. The maximum atomic E-state index is 11.9. The first-order chi connectivity index (χ1) is 14.3. The van der Waals surface area contributed by atoms with E-state index in [4.69, 9.17) is 18.9 Å². The third kappa shape index (κ3) is 8.99. The highest BCUT2D eigenvalue weighted by Crippen LogP contribution is 2.20. The van der Waals surface area contributed by atoms with E-state index in [9.17, 15) is 9.59 Å². The van der Waals surface area contributed by atoms with Gasteiger partial charge in [-0.15, -0.1) is 0 Å². The highest BCUT2D eigenvalue weighted by molar-refractivity contribution is 5.73. The molecule has 162 valence electrons. The van der Waals surface area contributed by atoms with Crippen LogP contribution in [0.5, 0.6) is 23.0 Å². The van der Waals surface area contributed by atoms with E-state index in [1.165, 1.54) is 0 Å². The summed E-state index contributed by atoms with van der Waals surface area (Å²) >= 11 is 0. The largest absolute Gasteiger partial charge is 0.491 e. The van der Waals surface area contributed by atoms with E-state index in [2.05, 4.69) is 0 Å². The third-order valence-corrected chi connectivity index (χ3v) is 3.87. The van der Waals surface area contributed by atoms with E-state index in [1.807, 2.05) is 27.7 Å². The Morgan fingerprint density at radius 3 is 1.20 bits per heavy atom. The summed E-state index contributed by atoms with van der Waals surface area (Å²) in [4.78, 5) is 23.9. The van der Waals surface area contributed by atoms with Crippen LogP contribution >= 0.6 is 0 Å². The van der Waals surface area contributed by atoms with Crippen molar-refractivity contribution in [3.05, 3.63) is 48.5 Å². The first-order valence-corrected chi connectivity index (χ1v) is 10.3. The molecule has 0 fully saturated rings. The van der Waals surface area contributed by atoms with Crippen molar-refractivity contribution in [2.75, 3.05) is 0 Å². The number of unbranched alkanes of at least 4 members (excludes halogenated alkanes) is 1. The quantitative estimate of drug-likeness (QED) is 0.281. The molecule has 0 aromatic heterocycles. The lowest BCUT2D eigenvalue weighted by atomic mass is 10.2. The van der Waals surface area contributed by atoms with Crippen molar-refractivity contribution < 1.29 is 28.5 Å². The second kappa shape index (κ2) is 11.9. The van der Waals surface area contributed by atoms with E-state index < -0.39 is 0 Å². The fourth-order valence-corrected chi connectivity index (χ4v) is 2.62. The zero-order valence-electron chi connectivity index (χ0n) is 18.1. The molecule has 30 heavy (non-hydrogen) atoms. The van der Waals surface area contributed by atoms with Gasteiger partial charge in [0.15, 0.2) is 0 Å². The SMILES string of the molecule is CC(C)Oc1ccc(OC(=O)CCCCC(=O)Oc2ccc(OC(C)C)cc2)cc1. The molecule has 0 aliphatic heterocycles. The number of hydrogen-bond acceptors (Lipinski definition) is 6. The predicted octanol–water partition coefficient (Wildman–Crippen LogP) is 5.33. The van der Waals surface area contributed by atoms with Gasteiger partial charge in [0.25, 0.3) is 0 Å². The third-order valence-electron chi connectivity index (χ3n) is 3.87. The van der Waals surface area contributed by atoms with Gasteiger partial charge in [-0.05, 0) is 89.1 Å². The summed E-state index contributed by atoms with van der Waals surface area (Å²) < 4.78 is 21.7. The van der Waals surface area contributed by atoms with Gasteiger partial charge in [0.1, 0.15) is 23.0 Å². The Balaban J connectivity index is 1.64. The molecule has 6 heteroatoms. The molecule has 0 radical (unpaired) electrons. The van der Waals surface area contributed by atoms with Crippen molar-refractivity contribution >= 4 is 11.9 Å². The number of rotatable bonds is 11. The molecule has 0 aliphatic rings. The minimum atomic E-state index is -0.332. The molecule has 0 unspecified atom stereocenters. The Hall–Kier alpha value is -3.02. The van der Waals surface area contributed by atoms with Crippen molar-refractivity contribution in [1.82, 2.24) is 0 Å². The van der Waals surface area contributed by atoms with Gasteiger partial charge >= 0.3 is 11.9 Å². The topological polar surface area (TPSA) is 71.1 Å². The molecule has 2 aromatic rings. The number of hydrogen-bond donors (Lipinski definition) is 0. The molecule has 2 rings (SSSR count). The predicted molar refractivity (Wildman–Crippen MR) is 114 cm³/mol. The Kier molecular flexibility index (Phi) is 9.19. The number of esters is 2. The van der Waals surface area contributed by atoms with Crippen molar-refractivity contribution in [2.24, 2.45) is 0 Å². The monoisotopic (exact) mass is 414 g/mol. The van der Waals surface area contributed by atoms with Gasteiger partial charge in [-0.1, -0.05) is 0 Å². The molecular formula is C24H30O6. The lowest BCUT2D eigenvalue weighted by Crippen LogP contribution is -2.10. The second-order valence-corrected chi connectivity index (χ2v) is 7.43. The van der Waals surface area contributed by atoms with Gasteiger partial charge in [-0.25, -0.2) is 0 Å². The summed E-state index contributed by atoms with van der Waals surface area (Å²) in [6.07, 6.45) is 1.73. The summed E-state index contributed by atoms with van der Waals surface area (Å²) in [5, 5.41) is 0. The van der Waals surface area contributed by atoms with Gasteiger partial charge in [-0.3, -0.25) is 9.59 Å². The Morgan fingerprint density at radius 1 is 0.600 bits per heavy atom. The van der Waals surface area contributed by atoms with Gasteiger partial charge in [-0.2, -0.15) is 0 Å². The van der Waals surface area contributed by atoms with Crippen LogP contribution in [-0.2, 0) is 9.59 Å². The molecule has 6 nitrogen and oxygen atoms in total. The molecular weight excluding hydrogens is 384 g/mol. The van der Waals surface area contributed by atoms with E-state index in [0.29, 0.717) is 24.3 Å². The minimum Gasteiger partial charge on any atom is -0.491 e. The Labute approximate surface area is 178 Å². The fraction of sp³-hybridized carbons (Fsp3) is 0.417. The lowest BCUT2D eigenvalue weighted by Gasteiger charge is -2.10. The molecule has 0 atom stereocenters. The average molecular weight is 414 g/mol. The molecule has 0 heterocycles. The summed E-state index contributed by atoms with van der Waals surface area (Å²) in [7, 11) is 0. The second-order valence-electron chi connectivity index (χ2n) is 7.43. The summed E-state index contributed by atoms with van der Waals surface area (Å²) in [5.41, 5.74) is 0. The van der Waals surface area contributed by atoms with Crippen molar-refractivity contribution in [3.8, 4) is 23.0 Å². The molecule has 0 spiro atoms. The number of benzene rings is 2. The van der Waals surface area contributed by atoms with Crippen LogP contribution in [0.25, 0.3) is 0 Å². The standard InChI is InChI=1S/C24H30O6/c1-17(2)27-19-9-13-21(14-10-19)29-23(25)7-5-6-8-24(26)30-22-15-11-20(12-16-22)28-18(3)4/h9-18H,5-8H2,1-4H3. The minimum absolute atomic E-state index is 0.0864. The molecule has 0 saturated carbocycles. The van der Waals surface area contributed by atoms with Gasteiger partial charge in [0, 0.05) is 12.8 Å². The van der Waals surface area contributed by atoms with Crippen molar-refractivity contribution in [1.29, 1.82) is 0 Å². The van der Waals surface area contributed by atoms with Gasteiger partial charge in [0.05, 0.1) is 12.2 Å². The van der Waals surface area contributed by atoms with E-state index in [1.54, 1.807) is 48.5 Å². The highest BCUT2D eigenvalue weighted by Gasteiger charge is 2.09. The maximum Gasteiger partial charge on any atom is 0.311 e. The van der Waals surface area contributed by atoms with E-state index in [-0.39, 0.29) is 37.0 Å². The molecule has 0 saturated heterocycles. The van der Waals surface area contributed by atoms with Crippen LogP contribution in [0, 0.1) is 0 Å². The first kappa shape index (κ1) is 23.3.